The van der Waals surface area contributed by atoms with E-state index in [-0.39, 0.29) is 17.3 Å². The lowest BCUT2D eigenvalue weighted by Gasteiger charge is -2.37. The van der Waals surface area contributed by atoms with Crippen LogP contribution in [0, 0.1) is 11.3 Å². The van der Waals surface area contributed by atoms with Crippen LogP contribution in [0.15, 0.2) is 30.3 Å². The molecular weight excluding hydrogens is 276 g/mol. The highest BCUT2D eigenvalue weighted by Crippen LogP contribution is 2.49. The Morgan fingerprint density at radius 3 is 2.23 bits per heavy atom. The summed E-state index contributed by atoms with van der Waals surface area (Å²) in [4.78, 5) is 12.9. The Hall–Kier alpha value is -1.35. The van der Waals surface area contributed by atoms with E-state index in [4.69, 9.17) is 9.47 Å². The van der Waals surface area contributed by atoms with Gasteiger partial charge in [-0.25, -0.2) is 4.79 Å². The maximum Gasteiger partial charge on any atom is 0.345 e. The maximum absolute atomic E-state index is 12.9. The normalized spacial score (nSPS) is 30.3. The molecule has 1 aromatic carbocycles. The number of hydrogen-bond donors (Lipinski definition) is 0. The first-order chi connectivity index (χ1) is 10.4. The van der Waals surface area contributed by atoms with E-state index in [1.807, 2.05) is 51.1 Å². The second-order valence-electron chi connectivity index (χ2n) is 7.66. The van der Waals surface area contributed by atoms with Gasteiger partial charge in [0.15, 0.2) is 5.60 Å². The molecule has 1 saturated heterocycles. The van der Waals surface area contributed by atoms with E-state index in [1.54, 1.807) is 0 Å². The van der Waals surface area contributed by atoms with E-state index in [1.165, 1.54) is 6.42 Å². The first-order valence-corrected chi connectivity index (χ1v) is 8.39. The van der Waals surface area contributed by atoms with Gasteiger partial charge in [0, 0.05) is 11.3 Å². The molecule has 22 heavy (non-hydrogen) atoms. The van der Waals surface area contributed by atoms with Crippen LogP contribution in [0.3, 0.4) is 0 Å². The van der Waals surface area contributed by atoms with Crippen LogP contribution in [0.4, 0.5) is 0 Å². The molecule has 0 radical (unpaired) electrons. The lowest BCUT2D eigenvalue weighted by atomic mass is 9.73. The first kappa shape index (κ1) is 15.5. The van der Waals surface area contributed by atoms with Gasteiger partial charge in [0.05, 0.1) is 0 Å². The zero-order chi connectivity index (χ0) is 15.8. The third-order valence-electron chi connectivity index (χ3n) is 4.90. The van der Waals surface area contributed by atoms with Crippen LogP contribution in [0.25, 0.3) is 0 Å². The monoisotopic (exact) mass is 302 g/mol. The summed E-state index contributed by atoms with van der Waals surface area (Å²) in [6.45, 7) is 6.15. The largest absolute Gasteiger partial charge is 0.433 e. The van der Waals surface area contributed by atoms with Crippen LogP contribution in [-0.2, 0) is 19.9 Å². The van der Waals surface area contributed by atoms with Crippen molar-refractivity contribution >= 4 is 5.97 Å². The van der Waals surface area contributed by atoms with Crippen molar-refractivity contribution in [3.8, 4) is 0 Å². The van der Waals surface area contributed by atoms with Crippen molar-refractivity contribution in [2.24, 2.45) is 11.3 Å². The molecule has 2 fully saturated rings. The molecule has 0 bridgehead atoms. The molecule has 3 nitrogen and oxygen atoms in total. The first-order valence-electron chi connectivity index (χ1n) is 8.39. The van der Waals surface area contributed by atoms with Crippen LogP contribution in [0.1, 0.15) is 58.4 Å². The number of cyclic esters (lactones) is 1. The lowest BCUT2D eigenvalue weighted by molar-refractivity contribution is -0.164. The highest BCUT2D eigenvalue weighted by Gasteiger charge is 2.58. The molecule has 0 spiro atoms. The smallest absolute Gasteiger partial charge is 0.345 e. The van der Waals surface area contributed by atoms with Crippen molar-refractivity contribution in [3.63, 3.8) is 0 Å². The summed E-state index contributed by atoms with van der Waals surface area (Å²) in [5.41, 5.74) is -0.195. The molecule has 0 N–H and O–H groups in total. The molecule has 0 amide bonds. The molecule has 1 aliphatic carbocycles. The Kier molecular flexibility index (Phi) is 4.02. The average molecular weight is 302 g/mol. The van der Waals surface area contributed by atoms with E-state index in [9.17, 15) is 4.79 Å². The zero-order valence-corrected chi connectivity index (χ0v) is 13.8. The number of ether oxygens (including phenoxy) is 2. The minimum atomic E-state index is -0.917. The van der Waals surface area contributed by atoms with Crippen LogP contribution in [0.5, 0.6) is 0 Å². The molecule has 2 atom stereocenters. The fourth-order valence-electron chi connectivity index (χ4n) is 3.66. The van der Waals surface area contributed by atoms with Gasteiger partial charge in [0.1, 0.15) is 0 Å². The predicted octanol–water partition coefficient (Wildman–Crippen LogP) is 4.41. The molecule has 0 aromatic heterocycles. The van der Waals surface area contributed by atoms with Crippen LogP contribution >= 0.6 is 0 Å². The summed E-state index contributed by atoms with van der Waals surface area (Å²) in [6.07, 6.45) is 5.15. The number of rotatable bonds is 2. The van der Waals surface area contributed by atoms with E-state index in [0.29, 0.717) is 0 Å². The van der Waals surface area contributed by atoms with E-state index >= 15 is 0 Å². The third-order valence-corrected chi connectivity index (χ3v) is 4.90. The van der Waals surface area contributed by atoms with E-state index in [0.717, 1.165) is 31.2 Å². The summed E-state index contributed by atoms with van der Waals surface area (Å²) in [5.74, 6) is 0.00836. The van der Waals surface area contributed by atoms with Gasteiger partial charge in [-0.2, -0.15) is 0 Å². The summed E-state index contributed by atoms with van der Waals surface area (Å²) < 4.78 is 12.1. The van der Waals surface area contributed by atoms with Crippen molar-refractivity contribution in [3.05, 3.63) is 35.9 Å². The van der Waals surface area contributed by atoms with Gasteiger partial charge in [-0.15, -0.1) is 0 Å². The van der Waals surface area contributed by atoms with Crippen LogP contribution < -0.4 is 0 Å². The van der Waals surface area contributed by atoms with Crippen molar-refractivity contribution < 1.29 is 14.3 Å². The number of carbonyl (C=O) groups excluding carboxylic acids is 1. The summed E-state index contributed by atoms with van der Waals surface area (Å²) >= 11 is 0. The molecule has 1 heterocycles. The fraction of sp³-hybridized carbons (Fsp3) is 0.632. The Bertz CT molecular complexity index is 525. The number of hydrogen-bond acceptors (Lipinski definition) is 3. The second kappa shape index (κ2) is 5.69. The Morgan fingerprint density at radius 2 is 1.68 bits per heavy atom. The third kappa shape index (κ3) is 2.56. The lowest BCUT2D eigenvalue weighted by Crippen LogP contribution is -2.43. The number of benzene rings is 1. The molecule has 1 aromatic rings. The standard InChI is InChI=1S/C19H26O3/c1-18(2,3)17-21-16(20)19(22-17,14-10-6-4-7-11-14)15-12-8-5-9-13-15/h4,6-7,10-11,15,17H,5,8-9,12-13H2,1-3H3/t17-,19-/m0/s1. The van der Waals surface area contributed by atoms with Gasteiger partial charge in [0.25, 0.3) is 0 Å². The van der Waals surface area contributed by atoms with Crippen molar-refractivity contribution in [2.45, 2.75) is 64.8 Å². The van der Waals surface area contributed by atoms with Gasteiger partial charge in [-0.05, 0) is 18.4 Å². The molecule has 2 aliphatic rings. The topological polar surface area (TPSA) is 35.5 Å². The summed E-state index contributed by atoms with van der Waals surface area (Å²) in [7, 11) is 0. The average Bonchev–Trinajstić information content (AvgIpc) is 2.88. The minimum absolute atomic E-state index is 0.203. The Balaban J connectivity index is 2.02. The molecule has 1 aliphatic heterocycles. The van der Waals surface area contributed by atoms with Crippen LogP contribution in [0.2, 0.25) is 0 Å². The Labute approximate surface area is 133 Å². The number of esters is 1. The predicted molar refractivity (Wildman–Crippen MR) is 85.1 cm³/mol. The van der Waals surface area contributed by atoms with Gasteiger partial charge >= 0.3 is 5.97 Å². The van der Waals surface area contributed by atoms with Crippen molar-refractivity contribution in [1.82, 2.24) is 0 Å². The SMILES string of the molecule is CC(C)(C)[C@H]1OC(=O)[C@](c2ccccc2)(C2CCCCC2)O1. The van der Waals surface area contributed by atoms with Gasteiger partial charge in [-0.1, -0.05) is 70.4 Å². The van der Waals surface area contributed by atoms with E-state index in [2.05, 4.69) is 0 Å². The fourth-order valence-corrected chi connectivity index (χ4v) is 3.66. The molecule has 0 unspecified atom stereocenters. The maximum atomic E-state index is 12.9. The second-order valence-corrected chi connectivity index (χ2v) is 7.66. The van der Waals surface area contributed by atoms with Crippen molar-refractivity contribution in [1.29, 1.82) is 0 Å². The minimum Gasteiger partial charge on any atom is -0.433 e. The highest BCUT2D eigenvalue weighted by atomic mass is 16.8. The van der Waals surface area contributed by atoms with Crippen molar-refractivity contribution in [2.75, 3.05) is 0 Å². The van der Waals surface area contributed by atoms with Crippen LogP contribution in [-0.4, -0.2) is 12.3 Å². The van der Waals surface area contributed by atoms with Gasteiger partial charge in [-0.3, -0.25) is 0 Å². The van der Waals surface area contributed by atoms with Gasteiger partial charge < -0.3 is 9.47 Å². The molecule has 3 heteroatoms. The number of carbonyl (C=O) groups is 1. The molecule has 3 rings (SSSR count). The summed E-state index contributed by atoms with van der Waals surface area (Å²) in [6, 6.07) is 9.92. The molecular formula is C19H26O3. The highest BCUT2D eigenvalue weighted by molar-refractivity contribution is 5.83. The van der Waals surface area contributed by atoms with E-state index < -0.39 is 11.9 Å². The molecule has 1 saturated carbocycles. The molecule has 120 valence electrons. The van der Waals surface area contributed by atoms with Gasteiger partial charge in [0.2, 0.25) is 6.29 Å². The Morgan fingerprint density at radius 1 is 1.05 bits per heavy atom. The quantitative estimate of drug-likeness (QED) is 0.759. The summed E-state index contributed by atoms with van der Waals surface area (Å²) in [5, 5.41) is 0. The zero-order valence-electron chi connectivity index (χ0n) is 13.8.